The highest BCUT2D eigenvalue weighted by Gasteiger charge is 2.65. The predicted octanol–water partition coefficient (Wildman–Crippen LogP) is 4.66. The van der Waals surface area contributed by atoms with Crippen LogP contribution in [0.3, 0.4) is 0 Å². The maximum absolute atomic E-state index is 15.5. The molecule has 20 heavy (non-hydrogen) atoms. The summed E-state index contributed by atoms with van der Waals surface area (Å²) in [5, 5.41) is -1.86. The number of rotatable bonds is 2. The van der Waals surface area contributed by atoms with Crippen molar-refractivity contribution in [1.82, 2.24) is 0 Å². The minimum Gasteiger partial charge on any atom is -0.227 e. The van der Waals surface area contributed by atoms with Crippen molar-refractivity contribution in [2.24, 2.45) is 0 Å². The van der Waals surface area contributed by atoms with E-state index in [1.807, 2.05) is 6.07 Å². The van der Waals surface area contributed by atoms with Crippen molar-refractivity contribution in [2.45, 2.75) is 17.8 Å². The van der Waals surface area contributed by atoms with Gasteiger partial charge >= 0.3 is 0 Å². The standard InChI is InChI=1S/C16H14F3P/c17-15(18)11-12-20(14-9-5-2-6-10-14)16(15,19)13-7-3-1-4-8-13/h1-10H,11-12H2. The number of hydrogen-bond acceptors (Lipinski definition) is 0. The van der Waals surface area contributed by atoms with E-state index in [4.69, 9.17) is 0 Å². The summed E-state index contributed by atoms with van der Waals surface area (Å²) < 4.78 is 44.0. The molecule has 2 aromatic carbocycles. The Morgan fingerprint density at radius 1 is 0.800 bits per heavy atom. The SMILES string of the molecule is FC1(F)CCP(c2ccccc2)C1(F)c1ccccc1. The lowest BCUT2D eigenvalue weighted by atomic mass is 10.0. The molecule has 2 atom stereocenters. The summed E-state index contributed by atoms with van der Waals surface area (Å²) in [5.74, 6) is -3.31. The van der Waals surface area contributed by atoms with Crippen LogP contribution in [0.2, 0.25) is 0 Å². The summed E-state index contributed by atoms with van der Waals surface area (Å²) >= 11 is 0. The van der Waals surface area contributed by atoms with E-state index in [9.17, 15) is 8.78 Å². The minimum atomic E-state index is -3.31. The summed E-state index contributed by atoms with van der Waals surface area (Å²) in [6, 6.07) is 16.8. The highest BCUT2D eigenvalue weighted by Crippen LogP contribution is 2.69. The van der Waals surface area contributed by atoms with E-state index in [0.717, 1.165) is 0 Å². The molecule has 1 saturated heterocycles. The first kappa shape index (κ1) is 13.6. The van der Waals surface area contributed by atoms with Gasteiger partial charge in [-0.3, -0.25) is 0 Å². The van der Waals surface area contributed by atoms with Crippen molar-refractivity contribution < 1.29 is 13.2 Å². The fraction of sp³-hybridized carbons (Fsp3) is 0.250. The highest BCUT2D eigenvalue weighted by molar-refractivity contribution is 7.67. The van der Waals surface area contributed by atoms with Crippen LogP contribution in [0.15, 0.2) is 60.7 Å². The molecule has 0 nitrogen and oxygen atoms in total. The second-order valence-corrected chi connectivity index (χ2v) is 7.37. The zero-order chi connectivity index (χ0) is 14.2. The molecule has 0 aliphatic carbocycles. The average Bonchev–Trinajstić information content (AvgIpc) is 2.73. The van der Waals surface area contributed by atoms with Gasteiger partial charge in [-0.1, -0.05) is 60.7 Å². The topological polar surface area (TPSA) is 0 Å². The van der Waals surface area contributed by atoms with Gasteiger partial charge in [0.1, 0.15) is 0 Å². The quantitative estimate of drug-likeness (QED) is 0.707. The van der Waals surface area contributed by atoms with Crippen molar-refractivity contribution >= 4 is 13.2 Å². The summed E-state index contributed by atoms with van der Waals surface area (Å²) in [4.78, 5) is 0. The lowest BCUT2D eigenvalue weighted by Crippen LogP contribution is -2.36. The van der Waals surface area contributed by atoms with Crippen molar-refractivity contribution in [3.8, 4) is 0 Å². The third-order valence-corrected chi connectivity index (χ3v) is 6.65. The van der Waals surface area contributed by atoms with Gasteiger partial charge in [-0.25, -0.2) is 13.2 Å². The van der Waals surface area contributed by atoms with Crippen LogP contribution in [0.5, 0.6) is 0 Å². The van der Waals surface area contributed by atoms with Crippen molar-refractivity contribution in [1.29, 1.82) is 0 Å². The Morgan fingerprint density at radius 2 is 1.35 bits per heavy atom. The number of halogens is 3. The van der Waals surface area contributed by atoms with Crippen LogP contribution in [-0.2, 0) is 5.41 Å². The van der Waals surface area contributed by atoms with Gasteiger partial charge in [0.2, 0.25) is 5.41 Å². The highest BCUT2D eigenvalue weighted by atomic mass is 31.1. The molecule has 1 aliphatic rings. The third kappa shape index (κ3) is 1.96. The third-order valence-electron chi connectivity index (χ3n) is 3.73. The first-order valence-electron chi connectivity index (χ1n) is 6.51. The van der Waals surface area contributed by atoms with Gasteiger partial charge in [0.25, 0.3) is 5.92 Å². The average molecular weight is 294 g/mol. The summed E-state index contributed by atoms with van der Waals surface area (Å²) in [6.45, 7) is 0. The Bertz CT molecular complexity index is 585. The van der Waals surface area contributed by atoms with Crippen LogP contribution in [0, 0.1) is 0 Å². The van der Waals surface area contributed by atoms with E-state index < -0.39 is 19.3 Å². The van der Waals surface area contributed by atoms with Crippen molar-refractivity contribution in [3.63, 3.8) is 0 Å². The largest absolute Gasteiger partial charge is 0.290 e. The van der Waals surface area contributed by atoms with Crippen LogP contribution in [-0.4, -0.2) is 12.1 Å². The molecule has 0 spiro atoms. The molecule has 0 radical (unpaired) electrons. The maximum Gasteiger partial charge on any atom is 0.290 e. The second-order valence-electron chi connectivity index (χ2n) is 4.93. The van der Waals surface area contributed by atoms with Gasteiger partial charge in [-0.15, -0.1) is 0 Å². The molecule has 1 heterocycles. The Hall–Kier alpha value is -1.34. The number of alkyl halides is 3. The molecule has 1 fully saturated rings. The molecular weight excluding hydrogens is 280 g/mol. The van der Waals surface area contributed by atoms with Gasteiger partial charge in [-0.2, -0.15) is 0 Å². The monoisotopic (exact) mass is 294 g/mol. The molecular formula is C16H14F3P. The normalized spacial score (nSPS) is 28.4. The Balaban J connectivity index is 2.12. The van der Waals surface area contributed by atoms with E-state index in [-0.39, 0.29) is 18.1 Å². The molecule has 104 valence electrons. The van der Waals surface area contributed by atoms with E-state index in [1.54, 1.807) is 42.5 Å². The molecule has 0 bridgehead atoms. The van der Waals surface area contributed by atoms with Gasteiger partial charge in [0.15, 0.2) is 0 Å². The first-order valence-corrected chi connectivity index (χ1v) is 8.03. The summed E-state index contributed by atoms with van der Waals surface area (Å²) in [6.07, 6.45) is -0.170. The van der Waals surface area contributed by atoms with Crippen LogP contribution >= 0.6 is 7.92 Å². The smallest absolute Gasteiger partial charge is 0.227 e. The van der Waals surface area contributed by atoms with E-state index in [2.05, 4.69) is 0 Å². The number of benzene rings is 2. The molecule has 2 unspecified atom stereocenters. The molecule has 3 rings (SSSR count). The van der Waals surface area contributed by atoms with Crippen LogP contribution in [0.25, 0.3) is 0 Å². The Morgan fingerprint density at radius 3 is 1.95 bits per heavy atom. The lowest BCUT2D eigenvalue weighted by molar-refractivity contribution is -0.0882. The van der Waals surface area contributed by atoms with Crippen LogP contribution in [0.4, 0.5) is 13.2 Å². The Labute approximate surface area is 117 Å². The van der Waals surface area contributed by atoms with Gasteiger partial charge in [0.05, 0.1) is 0 Å². The molecule has 0 saturated carbocycles. The number of hydrogen-bond donors (Lipinski definition) is 0. The molecule has 4 heteroatoms. The van der Waals surface area contributed by atoms with Crippen LogP contribution < -0.4 is 5.30 Å². The first-order chi connectivity index (χ1) is 9.56. The van der Waals surface area contributed by atoms with Crippen LogP contribution in [0.1, 0.15) is 12.0 Å². The Kier molecular flexibility index (Phi) is 3.33. The second kappa shape index (κ2) is 4.89. The fourth-order valence-electron chi connectivity index (χ4n) is 2.71. The van der Waals surface area contributed by atoms with Gasteiger partial charge in [0, 0.05) is 6.42 Å². The lowest BCUT2D eigenvalue weighted by Gasteiger charge is -2.33. The summed E-state index contributed by atoms with van der Waals surface area (Å²) in [7, 11) is -1.57. The summed E-state index contributed by atoms with van der Waals surface area (Å²) in [5.41, 5.74) is 0.0949. The molecule has 1 aliphatic heterocycles. The van der Waals surface area contributed by atoms with Crippen molar-refractivity contribution in [2.75, 3.05) is 6.16 Å². The predicted molar refractivity (Wildman–Crippen MR) is 76.7 cm³/mol. The van der Waals surface area contributed by atoms with Gasteiger partial charge in [-0.05, 0) is 25.0 Å². The molecule has 0 amide bonds. The molecule has 0 N–H and O–H groups in total. The van der Waals surface area contributed by atoms with Gasteiger partial charge < -0.3 is 0 Å². The molecule has 0 aromatic heterocycles. The van der Waals surface area contributed by atoms with E-state index >= 15 is 4.39 Å². The van der Waals surface area contributed by atoms with E-state index in [0.29, 0.717) is 5.30 Å². The van der Waals surface area contributed by atoms with E-state index in [1.165, 1.54) is 12.1 Å². The molecule has 2 aromatic rings. The maximum atomic E-state index is 15.5. The fourth-order valence-corrected chi connectivity index (χ4v) is 5.64. The zero-order valence-corrected chi connectivity index (χ0v) is 11.7. The zero-order valence-electron chi connectivity index (χ0n) is 10.8. The van der Waals surface area contributed by atoms with Crippen molar-refractivity contribution in [3.05, 3.63) is 66.2 Å². The minimum absolute atomic E-state index is 0.0949.